The molecular weight excluding hydrogens is 384 g/mol. The van der Waals surface area contributed by atoms with Crippen LogP contribution in [0.3, 0.4) is 0 Å². The zero-order valence-electron chi connectivity index (χ0n) is 16.8. The smallest absolute Gasteiger partial charge is 0.227 e. The Morgan fingerprint density at radius 2 is 1.90 bits per heavy atom. The topological polar surface area (TPSA) is 89.7 Å². The second-order valence-electron chi connectivity index (χ2n) is 6.91. The number of hydrogen-bond donors (Lipinski definition) is 1. The summed E-state index contributed by atoms with van der Waals surface area (Å²) in [6.07, 6.45) is 0.610. The van der Waals surface area contributed by atoms with Crippen LogP contribution in [0.5, 0.6) is 5.75 Å². The zero-order chi connectivity index (χ0) is 20.8. The summed E-state index contributed by atoms with van der Waals surface area (Å²) in [5, 5.41) is 6.91. The molecule has 8 heteroatoms. The van der Waals surface area contributed by atoms with Gasteiger partial charge in [0.1, 0.15) is 5.75 Å². The molecule has 0 saturated carbocycles. The predicted octanol–water partition coefficient (Wildman–Crippen LogP) is 3.15. The van der Waals surface area contributed by atoms with E-state index in [-0.39, 0.29) is 12.3 Å². The summed E-state index contributed by atoms with van der Waals surface area (Å²) in [6, 6.07) is 15.3. The van der Waals surface area contributed by atoms with Gasteiger partial charge in [0.25, 0.3) is 0 Å². The number of nitrogens with zero attached hydrogens (tertiary/aromatic N) is 3. The molecule has 0 atom stereocenters. The number of methoxy groups -OCH3 is 1. The third-order valence-corrected chi connectivity index (χ3v) is 4.91. The molecule has 0 radical (unpaired) electrons. The summed E-state index contributed by atoms with van der Waals surface area (Å²) in [6.45, 7) is 3.25. The van der Waals surface area contributed by atoms with E-state index in [1.165, 1.54) is 0 Å². The van der Waals surface area contributed by atoms with Crippen LogP contribution in [-0.2, 0) is 16.0 Å². The largest absolute Gasteiger partial charge is 0.496 e. The fraction of sp³-hybridized carbons (Fsp3) is 0.318. The Bertz CT molecular complexity index is 981. The summed E-state index contributed by atoms with van der Waals surface area (Å²) in [7, 11) is 1.59. The molecule has 0 aliphatic carbocycles. The highest BCUT2D eigenvalue weighted by Gasteiger charge is 2.14. The van der Waals surface area contributed by atoms with Gasteiger partial charge < -0.3 is 24.2 Å². The summed E-state index contributed by atoms with van der Waals surface area (Å²) in [5.74, 6) is 1.42. The third kappa shape index (κ3) is 4.77. The minimum Gasteiger partial charge on any atom is -0.496 e. The Kier molecular flexibility index (Phi) is 6.24. The normalized spacial score (nSPS) is 13.8. The summed E-state index contributed by atoms with van der Waals surface area (Å²) < 4.78 is 16.0. The molecule has 1 saturated heterocycles. The summed E-state index contributed by atoms with van der Waals surface area (Å²) in [4.78, 5) is 18.9. The number of aromatic nitrogens is 2. The minimum atomic E-state index is -0.105. The van der Waals surface area contributed by atoms with E-state index in [2.05, 4.69) is 20.4 Å². The molecule has 1 aliphatic rings. The molecule has 156 valence electrons. The average Bonchev–Trinajstić information content (AvgIpc) is 3.28. The maximum absolute atomic E-state index is 12.3. The van der Waals surface area contributed by atoms with Crippen LogP contribution in [0.25, 0.3) is 11.4 Å². The number of benzene rings is 2. The number of anilines is 2. The molecule has 1 aromatic heterocycles. The van der Waals surface area contributed by atoms with Gasteiger partial charge in [-0.25, -0.2) is 0 Å². The van der Waals surface area contributed by atoms with Gasteiger partial charge in [-0.1, -0.05) is 17.3 Å². The quantitative estimate of drug-likeness (QED) is 0.642. The van der Waals surface area contributed by atoms with Crippen molar-refractivity contribution in [1.82, 2.24) is 10.1 Å². The van der Waals surface area contributed by atoms with E-state index < -0.39 is 0 Å². The number of carbonyl (C=O) groups is 1. The van der Waals surface area contributed by atoms with E-state index in [4.69, 9.17) is 14.0 Å². The van der Waals surface area contributed by atoms with Gasteiger partial charge in [-0.3, -0.25) is 4.79 Å². The highest BCUT2D eigenvalue weighted by molar-refractivity contribution is 5.91. The van der Waals surface area contributed by atoms with Crippen LogP contribution in [0.2, 0.25) is 0 Å². The van der Waals surface area contributed by atoms with Crippen LogP contribution in [0, 0.1) is 0 Å². The molecule has 1 N–H and O–H groups in total. The second kappa shape index (κ2) is 9.41. The number of aryl methyl sites for hydroxylation is 1. The van der Waals surface area contributed by atoms with E-state index in [9.17, 15) is 4.79 Å². The number of para-hydroxylation sites is 1. The lowest BCUT2D eigenvalue weighted by atomic mass is 10.2. The zero-order valence-corrected chi connectivity index (χ0v) is 16.8. The number of amides is 1. The monoisotopic (exact) mass is 408 g/mol. The van der Waals surface area contributed by atoms with Gasteiger partial charge in [0.15, 0.2) is 0 Å². The number of rotatable bonds is 7. The van der Waals surface area contributed by atoms with Crippen LogP contribution in [0.1, 0.15) is 12.3 Å². The van der Waals surface area contributed by atoms with Gasteiger partial charge in [-0.05, 0) is 36.4 Å². The lowest BCUT2D eigenvalue weighted by Gasteiger charge is -2.28. The Morgan fingerprint density at radius 3 is 2.67 bits per heavy atom. The molecule has 0 unspecified atom stereocenters. The number of hydrogen-bond acceptors (Lipinski definition) is 7. The first-order valence-corrected chi connectivity index (χ1v) is 9.91. The molecule has 4 rings (SSSR count). The molecule has 3 aromatic rings. The number of carbonyl (C=O) groups excluding carboxylic acids is 1. The van der Waals surface area contributed by atoms with Crippen LogP contribution < -0.4 is 15.0 Å². The molecule has 2 heterocycles. The lowest BCUT2D eigenvalue weighted by molar-refractivity contribution is -0.116. The van der Waals surface area contributed by atoms with E-state index in [0.717, 1.165) is 43.2 Å². The molecule has 0 spiro atoms. The van der Waals surface area contributed by atoms with Crippen LogP contribution in [-0.4, -0.2) is 49.5 Å². The molecule has 8 nitrogen and oxygen atoms in total. The SMILES string of the molecule is COc1ccccc1-c1noc(CCC(=O)Nc2ccc(N3CCOCC3)cc2)n1. The van der Waals surface area contributed by atoms with Crippen molar-refractivity contribution >= 4 is 17.3 Å². The second-order valence-corrected chi connectivity index (χ2v) is 6.91. The van der Waals surface area contributed by atoms with Crippen molar-refractivity contribution in [3.8, 4) is 17.1 Å². The van der Waals surface area contributed by atoms with Crippen LogP contribution in [0.4, 0.5) is 11.4 Å². The van der Waals surface area contributed by atoms with E-state index in [1.807, 2.05) is 48.5 Å². The molecule has 2 aromatic carbocycles. The minimum absolute atomic E-state index is 0.105. The first-order chi connectivity index (χ1) is 14.7. The Labute approximate surface area is 174 Å². The van der Waals surface area contributed by atoms with Gasteiger partial charge in [-0.15, -0.1) is 0 Å². The fourth-order valence-corrected chi connectivity index (χ4v) is 3.32. The van der Waals surface area contributed by atoms with Gasteiger partial charge in [0.05, 0.1) is 25.9 Å². The Balaban J connectivity index is 1.30. The Hall–Kier alpha value is -3.39. The van der Waals surface area contributed by atoms with Gasteiger partial charge in [-0.2, -0.15) is 4.98 Å². The first kappa shape index (κ1) is 19.9. The van der Waals surface area contributed by atoms with Crippen molar-refractivity contribution in [1.29, 1.82) is 0 Å². The predicted molar refractivity (Wildman–Crippen MR) is 113 cm³/mol. The van der Waals surface area contributed by atoms with Gasteiger partial charge >= 0.3 is 0 Å². The summed E-state index contributed by atoms with van der Waals surface area (Å²) in [5.41, 5.74) is 2.64. The molecule has 1 fully saturated rings. The number of morpholine rings is 1. The number of nitrogens with one attached hydrogen (secondary N) is 1. The van der Waals surface area contributed by atoms with E-state index >= 15 is 0 Å². The molecule has 30 heavy (non-hydrogen) atoms. The first-order valence-electron chi connectivity index (χ1n) is 9.91. The third-order valence-electron chi connectivity index (χ3n) is 4.91. The average molecular weight is 408 g/mol. The summed E-state index contributed by atoms with van der Waals surface area (Å²) >= 11 is 0. The van der Waals surface area contributed by atoms with Crippen molar-refractivity contribution in [2.24, 2.45) is 0 Å². The van der Waals surface area contributed by atoms with Crippen molar-refractivity contribution in [3.63, 3.8) is 0 Å². The highest BCUT2D eigenvalue weighted by Crippen LogP contribution is 2.27. The number of ether oxygens (including phenoxy) is 2. The maximum atomic E-state index is 12.3. The van der Waals surface area contributed by atoms with Crippen molar-refractivity contribution < 1.29 is 18.8 Å². The standard InChI is InChI=1S/C22H24N4O4/c1-28-19-5-3-2-4-18(19)22-24-21(30-25-22)11-10-20(27)23-16-6-8-17(9-7-16)26-12-14-29-15-13-26/h2-9H,10-15H2,1H3,(H,23,27). The highest BCUT2D eigenvalue weighted by atomic mass is 16.5. The van der Waals surface area contributed by atoms with Crippen molar-refractivity contribution in [3.05, 3.63) is 54.4 Å². The van der Waals surface area contributed by atoms with Gasteiger partial charge in [0, 0.05) is 37.3 Å². The van der Waals surface area contributed by atoms with Crippen LogP contribution >= 0.6 is 0 Å². The molecule has 1 aliphatic heterocycles. The van der Waals surface area contributed by atoms with Crippen molar-refractivity contribution in [2.45, 2.75) is 12.8 Å². The Morgan fingerprint density at radius 1 is 1.13 bits per heavy atom. The maximum Gasteiger partial charge on any atom is 0.227 e. The van der Waals surface area contributed by atoms with Crippen LogP contribution in [0.15, 0.2) is 53.1 Å². The molecule has 0 bridgehead atoms. The van der Waals surface area contributed by atoms with Gasteiger partial charge in [0.2, 0.25) is 17.6 Å². The van der Waals surface area contributed by atoms with Crippen molar-refractivity contribution in [2.75, 3.05) is 43.6 Å². The molecule has 1 amide bonds. The van der Waals surface area contributed by atoms with E-state index in [1.54, 1.807) is 7.11 Å². The lowest BCUT2D eigenvalue weighted by Crippen LogP contribution is -2.36. The van der Waals surface area contributed by atoms with E-state index in [0.29, 0.717) is 23.9 Å². The molecular formula is C22H24N4O4. The fourth-order valence-electron chi connectivity index (χ4n) is 3.32.